The second-order valence-electron chi connectivity index (χ2n) is 8.41. The lowest BCUT2D eigenvalue weighted by atomic mass is 9.81. The number of nitrogens with zero attached hydrogens (tertiary/aromatic N) is 1. The number of Topliss-reactive ketones (excluding diaryl/α,β-unsaturated/α-hetero) is 1. The average Bonchev–Trinajstić information content (AvgIpc) is 3.42. The molecule has 1 aliphatic heterocycles. The maximum atomic E-state index is 12.9. The molecule has 1 heterocycles. The van der Waals surface area contributed by atoms with Gasteiger partial charge in [-0.2, -0.15) is 0 Å². The second-order valence-corrected chi connectivity index (χ2v) is 8.41. The highest BCUT2D eigenvalue weighted by Crippen LogP contribution is 2.56. The van der Waals surface area contributed by atoms with Crippen molar-refractivity contribution in [1.29, 1.82) is 0 Å². The number of benzene rings is 2. The highest BCUT2D eigenvalue weighted by molar-refractivity contribution is 6.22. The summed E-state index contributed by atoms with van der Waals surface area (Å²) in [4.78, 5) is 50.9. The van der Waals surface area contributed by atoms with Crippen LogP contribution in [0, 0.1) is 23.7 Å². The molecule has 2 aromatic rings. The smallest absolute Gasteiger partial charge is 0.343 e. The highest BCUT2D eigenvalue weighted by Gasteiger charge is 2.61. The predicted octanol–water partition coefficient (Wildman–Crippen LogP) is 3.64. The van der Waals surface area contributed by atoms with Crippen molar-refractivity contribution >= 4 is 29.3 Å². The Morgan fingerprint density at radius 1 is 0.833 bits per heavy atom. The van der Waals surface area contributed by atoms with E-state index < -0.39 is 5.97 Å². The molecule has 4 atom stereocenters. The molecule has 2 aliphatic carbocycles. The molecule has 0 unspecified atom stereocenters. The van der Waals surface area contributed by atoms with E-state index >= 15 is 0 Å². The third-order valence-corrected chi connectivity index (χ3v) is 6.76. The first-order valence-corrected chi connectivity index (χ1v) is 10.2. The zero-order chi connectivity index (χ0) is 21.0. The summed E-state index contributed by atoms with van der Waals surface area (Å²) in [7, 11) is 0. The van der Waals surface area contributed by atoms with Gasteiger partial charge in [0, 0.05) is 5.56 Å². The summed E-state index contributed by atoms with van der Waals surface area (Å²) in [5.74, 6) is -0.135. The number of carbonyl (C=O) groups excluding carboxylic acids is 4. The van der Waals surface area contributed by atoms with Crippen LogP contribution in [0.1, 0.15) is 46.9 Å². The number of esters is 1. The van der Waals surface area contributed by atoms with Gasteiger partial charge in [-0.1, -0.05) is 0 Å². The summed E-state index contributed by atoms with van der Waals surface area (Å²) in [6, 6.07) is 12.7. The number of ether oxygens (including phenoxy) is 1. The standard InChI is InChI=1S/C24H21NO5/c1-13(26)14-6-10-19(11-7-14)30-24(29)15-4-8-18(9-5-15)25-22(27)20-16-2-3-17(12-16)21(20)23(25)28/h4-11,16-17,20-21H,2-3,12H2,1H3/t16-,17-,20-,21+/m1/s1. The van der Waals surface area contributed by atoms with Crippen molar-refractivity contribution in [2.24, 2.45) is 23.7 Å². The first-order valence-electron chi connectivity index (χ1n) is 10.2. The van der Waals surface area contributed by atoms with Gasteiger partial charge in [-0.25, -0.2) is 4.79 Å². The molecule has 0 N–H and O–H groups in total. The molecular formula is C24H21NO5. The van der Waals surface area contributed by atoms with Gasteiger partial charge < -0.3 is 4.74 Å². The number of anilines is 1. The van der Waals surface area contributed by atoms with Crippen molar-refractivity contribution in [2.75, 3.05) is 4.90 Å². The first kappa shape index (κ1) is 18.7. The molecule has 6 heteroatoms. The van der Waals surface area contributed by atoms with Gasteiger partial charge in [-0.05, 0) is 86.6 Å². The first-order chi connectivity index (χ1) is 14.4. The summed E-state index contributed by atoms with van der Waals surface area (Å²) in [5.41, 5.74) is 1.35. The number of hydrogen-bond donors (Lipinski definition) is 0. The summed E-state index contributed by atoms with van der Waals surface area (Å²) in [6.45, 7) is 1.47. The molecule has 2 amide bonds. The number of fused-ring (bicyclic) bond motifs is 5. The van der Waals surface area contributed by atoms with E-state index in [1.165, 1.54) is 11.8 Å². The minimum absolute atomic E-state index is 0.0633. The molecule has 3 aliphatic rings. The molecule has 6 nitrogen and oxygen atoms in total. The molecule has 0 aromatic heterocycles. The Balaban J connectivity index is 1.31. The van der Waals surface area contributed by atoms with E-state index in [1.54, 1.807) is 48.5 Å². The van der Waals surface area contributed by atoms with E-state index in [4.69, 9.17) is 4.74 Å². The van der Waals surface area contributed by atoms with Crippen molar-refractivity contribution in [1.82, 2.24) is 0 Å². The van der Waals surface area contributed by atoms with Crippen LogP contribution >= 0.6 is 0 Å². The van der Waals surface area contributed by atoms with E-state index in [9.17, 15) is 19.2 Å². The van der Waals surface area contributed by atoms with Gasteiger partial charge in [0.1, 0.15) is 5.75 Å². The number of amides is 2. The Bertz CT molecular complexity index is 1030. The van der Waals surface area contributed by atoms with Crippen molar-refractivity contribution in [3.05, 3.63) is 59.7 Å². The van der Waals surface area contributed by atoms with Gasteiger partial charge in [-0.15, -0.1) is 0 Å². The number of imide groups is 1. The lowest BCUT2D eigenvalue weighted by Gasteiger charge is -2.19. The number of carbonyl (C=O) groups is 4. The number of rotatable bonds is 4. The fraction of sp³-hybridized carbons (Fsp3) is 0.333. The summed E-state index contributed by atoms with van der Waals surface area (Å²) in [6.07, 6.45) is 3.08. The lowest BCUT2D eigenvalue weighted by Crippen LogP contribution is -2.32. The third kappa shape index (κ3) is 2.86. The van der Waals surface area contributed by atoms with Gasteiger partial charge >= 0.3 is 5.97 Å². The molecule has 0 spiro atoms. The molecule has 1 saturated heterocycles. The molecule has 152 valence electrons. The van der Waals surface area contributed by atoms with Gasteiger partial charge in [0.25, 0.3) is 0 Å². The van der Waals surface area contributed by atoms with Crippen LogP contribution in [0.25, 0.3) is 0 Å². The van der Waals surface area contributed by atoms with Crippen molar-refractivity contribution < 1.29 is 23.9 Å². The predicted molar refractivity (Wildman–Crippen MR) is 108 cm³/mol. The van der Waals surface area contributed by atoms with E-state index in [0.29, 0.717) is 34.4 Å². The molecular weight excluding hydrogens is 382 g/mol. The highest BCUT2D eigenvalue weighted by atomic mass is 16.5. The van der Waals surface area contributed by atoms with E-state index in [1.807, 2.05) is 0 Å². The molecule has 3 fully saturated rings. The van der Waals surface area contributed by atoms with Crippen LogP contribution in [0.3, 0.4) is 0 Å². The average molecular weight is 403 g/mol. The molecule has 2 aromatic carbocycles. The van der Waals surface area contributed by atoms with Crippen molar-refractivity contribution in [3.63, 3.8) is 0 Å². The molecule has 0 radical (unpaired) electrons. The quantitative estimate of drug-likeness (QED) is 0.337. The van der Waals surface area contributed by atoms with Gasteiger partial charge in [0.05, 0.1) is 23.1 Å². The second kappa shape index (κ2) is 6.90. The summed E-state index contributed by atoms with van der Waals surface area (Å²) >= 11 is 0. The fourth-order valence-corrected chi connectivity index (χ4v) is 5.33. The SMILES string of the molecule is CC(=O)c1ccc(OC(=O)c2ccc(N3C(=O)[C@@H]4[C@@H]5CC[C@H](C5)[C@@H]4C3=O)cc2)cc1. The van der Waals surface area contributed by atoms with Crippen LogP contribution in [-0.2, 0) is 9.59 Å². The van der Waals surface area contributed by atoms with Crippen LogP contribution in [0.4, 0.5) is 5.69 Å². The number of hydrogen-bond acceptors (Lipinski definition) is 5. The minimum Gasteiger partial charge on any atom is -0.423 e. The van der Waals surface area contributed by atoms with E-state index in [2.05, 4.69) is 0 Å². The maximum Gasteiger partial charge on any atom is 0.343 e. The molecule has 2 saturated carbocycles. The maximum absolute atomic E-state index is 12.9. The summed E-state index contributed by atoms with van der Waals surface area (Å²) in [5, 5.41) is 0. The minimum atomic E-state index is -0.550. The van der Waals surface area contributed by atoms with Crippen LogP contribution in [0.2, 0.25) is 0 Å². The Hall–Kier alpha value is -3.28. The van der Waals surface area contributed by atoms with Crippen LogP contribution < -0.4 is 9.64 Å². The zero-order valence-corrected chi connectivity index (χ0v) is 16.5. The normalized spacial score (nSPS) is 26.8. The largest absolute Gasteiger partial charge is 0.423 e. The topological polar surface area (TPSA) is 80.8 Å². The Kier molecular flexibility index (Phi) is 4.31. The van der Waals surface area contributed by atoms with Crippen LogP contribution in [0.5, 0.6) is 5.75 Å². The molecule has 5 rings (SSSR count). The lowest BCUT2D eigenvalue weighted by molar-refractivity contribution is -0.123. The van der Waals surface area contributed by atoms with Crippen molar-refractivity contribution in [3.8, 4) is 5.75 Å². The summed E-state index contributed by atoms with van der Waals surface area (Å²) < 4.78 is 5.34. The monoisotopic (exact) mass is 403 g/mol. The van der Waals surface area contributed by atoms with Gasteiger partial charge in [-0.3, -0.25) is 19.3 Å². The third-order valence-electron chi connectivity index (χ3n) is 6.76. The fourth-order valence-electron chi connectivity index (χ4n) is 5.33. The van der Waals surface area contributed by atoms with Gasteiger partial charge in [0.15, 0.2) is 5.78 Å². The van der Waals surface area contributed by atoms with Crippen molar-refractivity contribution in [2.45, 2.75) is 26.2 Å². The van der Waals surface area contributed by atoms with Crippen LogP contribution in [0.15, 0.2) is 48.5 Å². The van der Waals surface area contributed by atoms with Gasteiger partial charge in [0.2, 0.25) is 11.8 Å². The Labute approximate surface area is 173 Å². The molecule has 30 heavy (non-hydrogen) atoms. The Morgan fingerprint density at radius 2 is 1.37 bits per heavy atom. The number of ketones is 1. The molecule has 2 bridgehead atoms. The van der Waals surface area contributed by atoms with Crippen LogP contribution in [-0.4, -0.2) is 23.6 Å². The van der Waals surface area contributed by atoms with E-state index in [0.717, 1.165) is 19.3 Å². The van der Waals surface area contributed by atoms with E-state index in [-0.39, 0.29) is 29.4 Å². The zero-order valence-electron chi connectivity index (χ0n) is 16.5. The Morgan fingerprint density at radius 3 is 1.90 bits per heavy atom.